The summed E-state index contributed by atoms with van der Waals surface area (Å²) >= 11 is 0. The second-order valence-electron chi connectivity index (χ2n) is 4.00. The lowest BCUT2D eigenvalue weighted by atomic mass is 10.1. The van der Waals surface area contributed by atoms with Gasteiger partial charge in [-0.15, -0.1) is 0 Å². The lowest BCUT2D eigenvalue weighted by Gasteiger charge is -2.20. The summed E-state index contributed by atoms with van der Waals surface area (Å²) in [7, 11) is 0. The van der Waals surface area contributed by atoms with Gasteiger partial charge < -0.3 is 15.1 Å². The molecule has 0 aliphatic carbocycles. The maximum Gasteiger partial charge on any atom is 0.254 e. The van der Waals surface area contributed by atoms with E-state index in [1.807, 2.05) is 0 Å². The molecule has 6 heteroatoms. The molecule has 1 amide bonds. The molecule has 6 nitrogen and oxygen atoms in total. The summed E-state index contributed by atoms with van der Waals surface area (Å²) in [5.74, 6) is -0.240. The van der Waals surface area contributed by atoms with Crippen LogP contribution in [-0.4, -0.2) is 57.3 Å². The first-order valence-corrected chi connectivity index (χ1v) is 5.98. The number of hydrogen-bond donors (Lipinski definition) is 2. The van der Waals surface area contributed by atoms with E-state index in [4.69, 9.17) is 10.2 Å². The minimum atomic E-state index is -0.240. The SMILES string of the molecule is O=C(c1ccc2nccnc2c1)N(CCO)CCO. The molecule has 1 aromatic heterocycles. The minimum Gasteiger partial charge on any atom is -0.395 e. The van der Waals surface area contributed by atoms with Gasteiger partial charge in [-0.1, -0.05) is 0 Å². The molecule has 0 radical (unpaired) electrons. The van der Waals surface area contributed by atoms with E-state index < -0.39 is 0 Å². The van der Waals surface area contributed by atoms with Crippen LogP contribution in [0.2, 0.25) is 0 Å². The molecule has 2 rings (SSSR count). The Labute approximate surface area is 110 Å². The van der Waals surface area contributed by atoms with Crippen LogP contribution >= 0.6 is 0 Å². The normalized spacial score (nSPS) is 10.6. The molecule has 0 bridgehead atoms. The van der Waals surface area contributed by atoms with Gasteiger partial charge in [-0.25, -0.2) is 0 Å². The Hall–Kier alpha value is -2.05. The Morgan fingerprint density at radius 1 is 1.05 bits per heavy atom. The maximum absolute atomic E-state index is 12.2. The molecule has 2 N–H and O–H groups in total. The van der Waals surface area contributed by atoms with Crippen LogP contribution in [0.1, 0.15) is 10.4 Å². The molecule has 0 unspecified atom stereocenters. The van der Waals surface area contributed by atoms with E-state index in [0.29, 0.717) is 11.1 Å². The second-order valence-corrected chi connectivity index (χ2v) is 4.00. The van der Waals surface area contributed by atoms with Gasteiger partial charge in [0.05, 0.1) is 24.2 Å². The summed E-state index contributed by atoms with van der Waals surface area (Å²) in [5.41, 5.74) is 1.83. The first-order chi connectivity index (χ1) is 9.26. The van der Waals surface area contributed by atoms with Gasteiger partial charge in [0, 0.05) is 31.0 Å². The lowest BCUT2D eigenvalue weighted by molar-refractivity contribution is 0.0685. The predicted octanol–water partition coefficient (Wildman–Crippen LogP) is 0.0566. The molecule has 0 fully saturated rings. The van der Waals surface area contributed by atoms with Crippen molar-refractivity contribution in [2.45, 2.75) is 0 Å². The quantitative estimate of drug-likeness (QED) is 0.794. The van der Waals surface area contributed by atoms with Crippen LogP contribution in [0.3, 0.4) is 0 Å². The Morgan fingerprint density at radius 2 is 1.68 bits per heavy atom. The zero-order chi connectivity index (χ0) is 13.7. The van der Waals surface area contributed by atoms with E-state index in [1.54, 1.807) is 30.6 Å². The highest BCUT2D eigenvalue weighted by Gasteiger charge is 2.15. The highest BCUT2D eigenvalue weighted by molar-refractivity contribution is 5.97. The van der Waals surface area contributed by atoms with Gasteiger partial charge in [0.2, 0.25) is 0 Å². The van der Waals surface area contributed by atoms with Gasteiger partial charge in [0.1, 0.15) is 0 Å². The molecule has 0 aliphatic rings. The van der Waals surface area contributed by atoms with Crippen LogP contribution in [0.5, 0.6) is 0 Å². The molecule has 0 saturated carbocycles. The van der Waals surface area contributed by atoms with Crippen LogP contribution in [-0.2, 0) is 0 Å². The van der Waals surface area contributed by atoms with E-state index in [2.05, 4.69) is 9.97 Å². The van der Waals surface area contributed by atoms with Gasteiger partial charge in [0.25, 0.3) is 5.91 Å². The number of aliphatic hydroxyl groups is 2. The van der Waals surface area contributed by atoms with E-state index >= 15 is 0 Å². The van der Waals surface area contributed by atoms with Gasteiger partial charge in [-0.05, 0) is 18.2 Å². The minimum absolute atomic E-state index is 0.140. The zero-order valence-corrected chi connectivity index (χ0v) is 10.4. The Balaban J connectivity index is 2.29. The number of amides is 1. The first-order valence-electron chi connectivity index (χ1n) is 5.98. The molecule has 0 saturated heterocycles. The Kier molecular flexibility index (Phi) is 4.38. The molecular formula is C13H15N3O3. The molecule has 1 aromatic carbocycles. The number of fused-ring (bicyclic) bond motifs is 1. The summed E-state index contributed by atoms with van der Waals surface area (Å²) in [6.45, 7) is 0.105. The number of aliphatic hydroxyl groups excluding tert-OH is 2. The average molecular weight is 261 g/mol. The van der Waals surface area contributed by atoms with Crippen molar-refractivity contribution in [2.75, 3.05) is 26.3 Å². The van der Waals surface area contributed by atoms with Crippen molar-refractivity contribution in [3.8, 4) is 0 Å². The van der Waals surface area contributed by atoms with Gasteiger partial charge in [0.15, 0.2) is 0 Å². The van der Waals surface area contributed by atoms with E-state index in [0.717, 1.165) is 5.52 Å². The van der Waals surface area contributed by atoms with Gasteiger partial charge in [-0.2, -0.15) is 0 Å². The Bertz CT molecular complexity index is 568. The molecule has 2 aromatic rings. The van der Waals surface area contributed by atoms with Crippen molar-refractivity contribution < 1.29 is 15.0 Å². The fourth-order valence-electron chi connectivity index (χ4n) is 1.84. The molecular weight excluding hydrogens is 246 g/mol. The van der Waals surface area contributed by atoms with Crippen molar-refractivity contribution in [3.63, 3.8) is 0 Å². The van der Waals surface area contributed by atoms with Crippen molar-refractivity contribution >= 4 is 16.9 Å². The van der Waals surface area contributed by atoms with Gasteiger partial charge in [-0.3, -0.25) is 14.8 Å². The molecule has 19 heavy (non-hydrogen) atoms. The summed E-state index contributed by atoms with van der Waals surface area (Å²) in [6, 6.07) is 5.05. The number of carbonyl (C=O) groups is 1. The summed E-state index contributed by atoms with van der Waals surface area (Å²) in [4.78, 5) is 21.9. The number of hydrogen-bond acceptors (Lipinski definition) is 5. The number of aromatic nitrogens is 2. The van der Waals surface area contributed by atoms with E-state index in [1.165, 1.54) is 4.90 Å². The largest absolute Gasteiger partial charge is 0.395 e. The van der Waals surface area contributed by atoms with Crippen LogP contribution in [0, 0.1) is 0 Å². The van der Waals surface area contributed by atoms with Crippen molar-refractivity contribution in [1.82, 2.24) is 14.9 Å². The second kappa shape index (κ2) is 6.21. The first kappa shape index (κ1) is 13.4. The summed E-state index contributed by atoms with van der Waals surface area (Å²) in [5, 5.41) is 17.9. The highest BCUT2D eigenvalue weighted by Crippen LogP contribution is 2.12. The van der Waals surface area contributed by atoms with Crippen LogP contribution in [0.4, 0.5) is 0 Å². The summed E-state index contributed by atoms with van der Waals surface area (Å²) < 4.78 is 0. The fourth-order valence-corrected chi connectivity index (χ4v) is 1.84. The third kappa shape index (κ3) is 3.04. The number of nitrogens with zero attached hydrogens (tertiary/aromatic N) is 3. The van der Waals surface area contributed by atoms with Crippen molar-refractivity contribution in [2.24, 2.45) is 0 Å². The fraction of sp³-hybridized carbons (Fsp3) is 0.308. The molecule has 0 atom stereocenters. The molecule has 0 aliphatic heterocycles. The maximum atomic E-state index is 12.2. The number of benzene rings is 1. The van der Waals surface area contributed by atoms with Crippen LogP contribution < -0.4 is 0 Å². The van der Waals surface area contributed by atoms with Crippen molar-refractivity contribution in [1.29, 1.82) is 0 Å². The monoisotopic (exact) mass is 261 g/mol. The van der Waals surface area contributed by atoms with Gasteiger partial charge >= 0.3 is 0 Å². The lowest BCUT2D eigenvalue weighted by Crippen LogP contribution is -2.35. The third-order valence-electron chi connectivity index (χ3n) is 2.74. The molecule has 0 spiro atoms. The molecule has 100 valence electrons. The van der Waals surface area contributed by atoms with E-state index in [-0.39, 0.29) is 32.2 Å². The highest BCUT2D eigenvalue weighted by atomic mass is 16.3. The standard InChI is InChI=1S/C13H15N3O3/c17-7-5-16(6-8-18)13(19)10-1-2-11-12(9-10)15-4-3-14-11/h1-4,9,17-18H,5-8H2. The number of rotatable bonds is 5. The molecule has 1 heterocycles. The number of carbonyl (C=O) groups excluding carboxylic acids is 1. The predicted molar refractivity (Wildman–Crippen MR) is 69.6 cm³/mol. The summed E-state index contributed by atoms with van der Waals surface area (Å²) in [6.07, 6.45) is 3.16. The third-order valence-corrected chi connectivity index (χ3v) is 2.74. The van der Waals surface area contributed by atoms with E-state index in [9.17, 15) is 4.79 Å². The average Bonchev–Trinajstić information content (AvgIpc) is 2.46. The topological polar surface area (TPSA) is 86.6 Å². The smallest absolute Gasteiger partial charge is 0.254 e. The van der Waals surface area contributed by atoms with Crippen LogP contribution in [0.25, 0.3) is 11.0 Å². The Morgan fingerprint density at radius 3 is 2.32 bits per heavy atom. The zero-order valence-electron chi connectivity index (χ0n) is 10.4. The van der Waals surface area contributed by atoms with Crippen molar-refractivity contribution in [3.05, 3.63) is 36.2 Å². The van der Waals surface area contributed by atoms with Crippen LogP contribution in [0.15, 0.2) is 30.6 Å².